The Morgan fingerprint density at radius 3 is 2.65 bits per heavy atom. The quantitative estimate of drug-likeness (QED) is 0.722. The molecule has 2 rings (SSSR count). The van der Waals surface area contributed by atoms with Gasteiger partial charge in [0.15, 0.2) is 0 Å². The van der Waals surface area contributed by atoms with Crippen molar-refractivity contribution >= 4 is 0 Å². The predicted molar refractivity (Wildman–Crippen MR) is 75.0 cm³/mol. The van der Waals surface area contributed by atoms with E-state index in [-0.39, 0.29) is 0 Å². The van der Waals surface area contributed by atoms with E-state index in [4.69, 9.17) is 0 Å². The molecule has 1 spiro atoms. The first kappa shape index (κ1) is 12.9. The summed E-state index contributed by atoms with van der Waals surface area (Å²) < 4.78 is 0. The van der Waals surface area contributed by atoms with Gasteiger partial charge in [-0.1, -0.05) is 31.9 Å². The predicted octanol–water partition coefficient (Wildman–Crippen LogP) is 4.07. The van der Waals surface area contributed by atoms with Crippen molar-refractivity contribution in [2.75, 3.05) is 0 Å². The molecular formula is C16H27N. The molecule has 1 aliphatic carbocycles. The molecule has 4 atom stereocenters. The molecule has 0 aromatic carbocycles. The average molecular weight is 233 g/mol. The van der Waals surface area contributed by atoms with Crippen molar-refractivity contribution in [1.82, 2.24) is 5.32 Å². The summed E-state index contributed by atoms with van der Waals surface area (Å²) in [6, 6.07) is 0.666. The zero-order valence-electron chi connectivity index (χ0n) is 11.3. The third-order valence-electron chi connectivity index (χ3n) is 4.97. The molecule has 2 fully saturated rings. The zero-order valence-corrected chi connectivity index (χ0v) is 11.3. The molecule has 1 heterocycles. The molecular weight excluding hydrogens is 206 g/mol. The molecule has 96 valence electrons. The van der Waals surface area contributed by atoms with Crippen LogP contribution in [0.3, 0.4) is 0 Å². The maximum atomic E-state index is 3.99. The minimum Gasteiger partial charge on any atom is -0.308 e. The van der Waals surface area contributed by atoms with Gasteiger partial charge < -0.3 is 5.32 Å². The lowest BCUT2D eigenvalue weighted by Crippen LogP contribution is -2.56. The van der Waals surface area contributed by atoms with Crippen molar-refractivity contribution in [1.29, 1.82) is 0 Å². The van der Waals surface area contributed by atoms with E-state index >= 15 is 0 Å². The maximum Gasteiger partial charge on any atom is 0.0217 e. The monoisotopic (exact) mass is 233 g/mol. The molecule has 2 aliphatic rings. The van der Waals surface area contributed by atoms with Crippen molar-refractivity contribution in [3.8, 4) is 0 Å². The summed E-state index contributed by atoms with van der Waals surface area (Å²) in [5, 5.41) is 3.98. The molecule has 1 saturated carbocycles. The van der Waals surface area contributed by atoms with E-state index in [0.29, 0.717) is 17.5 Å². The summed E-state index contributed by atoms with van der Waals surface area (Å²) in [5.41, 5.74) is 0.416. The van der Waals surface area contributed by atoms with Gasteiger partial charge in [0.05, 0.1) is 0 Å². The third kappa shape index (κ3) is 2.49. The van der Waals surface area contributed by atoms with E-state index in [0.717, 1.165) is 12.3 Å². The van der Waals surface area contributed by atoms with Gasteiger partial charge in [0.25, 0.3) is 0 Å². The van der Waals surface area contributed by atoms with E-state index in [1.807, 2.05) is 0 Å². The second-order valence-corrected chi connectivity index (χ2v) is 6.01. The zero-order chi connectivity index (χ0) is 12.3. The van der Waals surface area contributed by atoms with Crippen molar-refractivity contribution in [2.24, 2.45) is 11.8 Å². The van der Waals surface area contributed by atoms with Crippen LogP contribution in [0.1, 0.15) is 51.9 Å². The summed E-state index contributed by atoms with van der Waals surface area (Å²) in [6.45, 7) is 10.2. The Kier molecular flexibility index (Phi) is 4.09. The molecule has 0 radical (unpaired) electrons. The Labute approximate surface area is 106 Å². The molecule has 1 nitrogen and oxygen atoms in total. The van der Waals surface area contributed by atoms with Gasteiger partial charge in [-0.3, -0.25) is 0 Å². The largest absolute Gasteiger partial charge is 0.308 e. The van der Waals surface area contributed by atoms with Crippen LogP contribution < -0.4 is 5.32 Å². The fourth-order valence-corrected chi connectivity index (χ4v) is 4.11. The van der Waals surface area contributed by atoms with Crippen molar-refractivity contribution in [3.05, 3.63) is 25.3 Å². The minimum atomic E-state index is 0.416. The first-order valence-electron chi connectivity index (χ1n) is 7.23. The highest BCUT2D eigenvalue weighted by Crippen LogP contribution is 2.46. The molecule has 0 bridgehead atoms. The molecule has 0 aromatic rings. The molecule has 0 unspecified atom stereocenters. The lowest BCUT2D eigenvalue weighted by molar-refractivity contribution is 0.134. The normalized spacial score (nSPS) is 39.1. The Bertz CT molecular complexity index is 283. The van der Waals surface area contributed by atoms with E-state index < -0.39 is 0 Å². The summed E-state index contributed by atoms with van der Waals surface area (Å²) in [4.78, 5) is 0. The van der Waals surface area contributed by atoms with Crippen LogP contribution in [0.15, 0.2) is 25.3 Å². The lowest BCUT2D eigenvalue weighted by atomic mass is 9.73. The number of allylic oxidation sites excluding steroid dienone is 1. The van der Waals surface area contributed by atoms with Gasteiger partial charge in [0, 0.05) is 11.6 Å². The van der Waals surface area contributed by atoms with E-state index in [2.05, 4.69) is 37.6 Å². The van der Waals surface area contributed by atoms with Crippen LogP contribution in [0.2, 0.25) is 0 Å². The summed E-state index contributed by atoms with van der Waals surface area (Å²) >= 11 is 0. The standard InChI is InChI=1S/C16H27N/c1-4-8-14-9-6-11-16(17-14)12-7-10-15(16)13(3)5-2/h4-5,13-15,17H,1-2,6-12H2,3H3/t13-,14-,15+,16+/m0/s1. The fourth-order valence-electron chi connectivity index (χ4n) is 4.11. The van der Waals surface area contributed by atoms with E-state index in [9.17, 15) is 0 Å². The van der Waals surface area contributed by atoms with Crippen LogP contribution in [0.4, 0.5) is 0 Å². The Balaban J connectivity index is 2.10. The Hall–Kier alpha value is -0.560. The lowest BCUT2D eigenvalue weighted by Gasteiger charge is -2.45. The van der Waals surface area contributed by atoms with Gasteiger partial charge in [-0.05, 0) is 43.9 Å². The molecule has 0 amide bonds. The highest BCUT2D eigenvalue weighted by atomic mass is 15.0. The minimum absolute atomic E-state index is 0.416. The highest BCUT2D eigenvalue weighted by molar-refractivity contribution is 5.07. The number of hydrogen-bond donors (Lipinski definition) is 1. The SMILES string of the molecule is C=CC[C@H]1CCC[C@]2(CCC[C@@H]2[C@@H](C)C=C)N1. The first-order valence-corrected chi connectivity index (χ1v) is 7.23. The number of rotatable bonds is 4. The third-order valence-corrected chi connectivity index (χ3v) is 4.97. The molecule has 17 heavy (non-hydrogen) atoms. The van der Waals surface area contributed by atoms with Gasteiger partial charge >= 0.3 is 0 Å². The molecule has 1 heteroatoms. The van der Waals surface area contributed by atoms with Gasteiger partial charge in [-0.2, -0.15) is 0 Å². The highest BCUT2D eigenvalue weighted by Gasteiger charge is 2.46. The van der Waals surface area contributed by atoms with Gasteiger partial charge in [0.2, 0.25) is 0 Å². The van der Waals surface area contributed by atoms with Crippen LogP contribution in [0.25, 0.3) is 0 Å². The van der Waals surface area contributed by atoms with Gasteiger partial charge in [0.1, 0.15) is 0 Å². The maximum absolute atomic E-state index is 3.99. The van der Waals surface area contributed by atoms with Crippen molar-refractivity contribution in [2.45, 2.75) is 63.5 Å². The molecule has 0 aromatic heterocycles. The van der Waals surface area contributed by atoms with Crippen LogP contribution in [-0.2, 0) is 0 Å². The van der Waals surface area contributed by atoms with E-state index in [1.54, 1.807) is 0 Å². The van der Waals surface area contributed by atoms with Crippen molar-refractivity contribution in [3.63, 3.8) is 0 Å². The Morgan fingerprint density at radius 2 is 2.00 bits per heavy atom. The first-order chi connectivity index (χ1) is 8.22. The summed E-state index contributed by atoms with van der Waals surface area (Å²) in [5.74, 6) is 1.44. The second-order valence-electron chi connectivity index (χ2n) is 6.01. The fraction of sp³-hybridized carbons (Fsp3) is 0.750. The smallest absolute Gasteiger partial charge is 0.0217 e. The van der Waals surface area contributed by atoms with Crippen LogP contribution in [0.5, 0.6) is 0 Å². The number of nitrogens with one attached hydrogen (secondary N) is 1. The van der Waals surface area contributed by atoms with Crippen LogP contribution >= 0.6 is 0 Å². The van der Waals surface area contributed by atoms with Crippen LogP contribution in [-0.4, -0.2) is 11.6 Å². The Morgan fingerprint density at radius 1 is 1.29 bits per heavy atom. The van der Waals surface area contributed by atoms with Crippen LogP contribution in [0, 0.1) is 11.8 Å². The second kappa shape index (κ2) is 5.39. The number of hydrogen-bond acceptors (Lipinski definition) is 1. The van der Waals surface area contributed by atoms with Crippen molar-refractivity contribution < 1.29 is 0 Å². The molecule has 1 N–H and O–H groups in total. The summed E-state index contributed by atoms with van der Waals surface area (Å²) in [7, 11) is 0. The molecule has 1 saturated heterocycles. The average Bonchev–Trinajstić information content (AvgIpc) is 2.72. The summed E-state index contributed by atoms with van der Waals surface area (Å²) in [6.07, 6.45) is 13.5. The number of piperidine rings is 1. The van der Waals surface area contributed by atoms with Gasteiger partial charge in [-0.25, -0.2) is 0 Å². The molecule has 1 aliphatic heterocycles. The topological polar surface area (TPSA) is 12.0 Å². The van der Waals surface area contributed by atoms with Gasteiger partial charge in [-0.15, -0.1) is 13.2 Å². The van der Waals surface area contributed by atoms with E-state index in [1.165, 1.54) is 38.5 Å².